The van der Waals surface area contributed by atoms with Gasteiger partial charge in [0.25, 0.3) is 5.91 Å². The summed E-state index contributed by atoms with van der Waals surface area (Å²) in [4.78, 5) is 24.7. The predicted octanol–water partition coefficient (Wildman–Crippen LogP) is 4.82. The number of benzene rings is 3. The Morgan fingerprint density at radius 2 is 1.81 bits per heavy atom. The number of fused-ring (bicyclic) bond motifs is 1. The van der Waals surface area contributed by atoms with Gasteiger partial charge in [0.15, 0.2) is 6.10 Å². The molecule has 6 heteroatoms. The molecule has 4 nitrogen and oxygen atoms in total. The number of hydrogen-bond donors (Lipinski definition) is 1. The Balaban J connectivity index is 1.73. The van der Waals surface area contributed by atoms with Crippen LogP contribution in [0.25, 0.3) is 10.8 Å². The molecule has 0 aromatic heterocycles. The fourth-order valence-corrected chi connectivity index (χ4v) is 2.72. The number of hydrogen-bond acceptors (Lipinski definition) is 3. The summed E-state index contributed by atoms with van der Waals surface area (Å²) >= 11 is 5.88. The van der Waals surface area contributed by atoms with E-state index in [9.17, 15) is 14.0 Å². The molecule has 0 aliphatic rings. The zero-order chi connectivity index (χ0) is 18.7. The maximum Gasteiger partial charge on any atom is 0.339 e. The molecule has 0 fully saturated rings. The molecule has 26 heavy (non-hydrogen) atoms. The summed E-state index contributed by atoms with van der Waals surface area (Å²) in [6.07, 6.45) is -1.05. The molecule has 0 aliphatic heterocycles. The summed E-state index contributed by atoms with van der Waals surface area (Å²) < 4.78 is 18.3. The molecule has 1 amide bonds. The van der Waals surface area contributed by atoms with Gasteiger partial charge in [-0.3, -0.25) is 4.79 Å². The minimum absolute atomic E-state index is 0.0610. The first kappa shape index (κ1) is 17.9. The van der Waals surface area contributed by atoms with Crippen LogP contribution in [0.3, 0.4) is 0 Å². The van der Waals surface area contributed by atoms with E-state index in [1.54, 1.807) is 12.1 Å². The topological polar surface area (TPSA) is 55.4 Å². The second kappa shape index (κ2) is 7.54. The van der Waals surface area contributed by atoms with Crippen molar-refractivity contribution in [3.8, 4) is 0 Å². The van der Waals surface area contributed by atoms with Gasteiger partial charge in [0.1, 0.15) is 5.82 Å². The fourth-order valence-electron chi connectivity index (χ4n) is 2.51. The number of ether oxygens (including phenoxy) is 1. The minimum atomic E-state index is -1.05. The van der Waals surface area contributed by atoms with E-state index in [4.69, 9.17) is 16.3 Å². The van der Waals surface area contributed by atoms with Gasteiger partial charge in [-0.15, -0.1) is 0 Å². The van der Waals surface area contributed by atoms with Gasteiger partial charge >= 0.3 is 5.97 Å². The summed E-state index contributed by atoms with van der Waals surface area (Å²) in [5.74, 6) is -1.68. The second-order valence-electron chi connectivity index (χ2n) is 5.69. The normalized spacial score (nSPS) is 11.8. The average Bonchev–Trinajstić information content (AvgIpc) is 2.63. The van der Waals surface area contributed by atoms with Gasteiger partial charge in [-0.2, -0.15) is 0 Å². The Kier molecular flexibility index (Phi) is 5.19. The van der Waals surface area contributed by atoms with Crippen LogP contribution in [-0.2, 0) is 9.53 Å². The molecule has 0 saturated heterocycles. The number of carbonyl (C=O) groups excluding carboxylic acids is 2. The Labute approximate surface area is 154 Å². The van der Waals surface area contributed by atoms with E-state index in [2.05, 4.69) is 5.32 Å². The molecule has 0 unspecified atom stereocenters. The van der Waals surface area contributed by atoms with Crippen LogP contribution in [-0.4, -0.2) is 18.0 Å². The highest BCUT2D eigenvalue weighted by Crippen LogP contribution is 2.23. The number of carbonyl (C=O) groups is 2. The van der Waals surface area contributed by atoms with Gasteiger partial charge < -0.3 is 10.1 Å². The lowest BCUT2D eigenvalue weighted by atomic mass is 10.0. The largest absolute Gasteiger partial charge is 0.449 e. The van der Waals surface area contributed by atoms with E-state index in [-0.39, 0.29) is 10.7 Å². The van der Waals surface area contributed by atoms with Gasteiger partial charge in [-0.25, -0.2) is 9.18 Å². The van der Waals surface area contributed by atoms with Crippen molar-refractivity contribution in [3.05, 3.63) is 77.1 Å². The molecule has 0 bridgehead atoms. The van der Waals surface area contributed by atoms with E-state index in [1.165, 1.54) is 19.1 Å². The third-order valence-electron chi connectivity index (χ3n) is 3.85. The van der Waals surface area contributed by atoms with Crippen LogP contribution in [0.2, 0.25) is 5.02 Å². The number of esters is 1. The molecule has 0 aliphatic carbocycles. The molecule has 3 rings (SSSR count). The van der Waals surface area contributed by atoms with Crippen molar-refractivity contribution in [1.82, 2.24) is 0 Å². The van der Waals surface area contributed by atoms with Crippen molar-refractivity contribution >= 4 is 39.9 Å². The maximum absolute atomic E-state index is 13.1. The third-order valence-corrected chi connectivity index (χ3v) is 4.16. The van der Waals surface area contributed by atoms with Crippen LogP contribution in [0.4, 0.5) is 10.1 Å². The van der Waals surface area contributed by atoms with Gasteiger partial charge in [0, 0.05) is 0 Å². The zero-order valence-corrected chi connectivity index (χ0v) is 14.6. The Bertz CT molecular complexity index is 984. The van der Waals surface area contributed by atoms with Gasteiger partial charge in [0.2, 0.25) is 0 Å². The van der Waals surface area contributed by atoms with Crippen LogP contribution in [0.15, 0.2) is 60.7 Å². The first-order valence-corrected chi connectivity index (χ1v) is 8.28. The lowest BCUT2D eigenvalue weighted by Crippen LogP contribution is -2.30. The van der Waals surface area contributed by atoms with Crippen molar-refractivity contribution in [2.45, 2.75) is 13.0 Å². The molecular formula is C20H15ClFNO3. The fraction of sp³-hybridized carbons (Fsp3) is 0.100. The van der Waals surface area contributed by atoms with E-state index in [1.807, 2.05) is 30.3 Å². The van der Waals surface area contributed by atoms with Crippen LogP contribution < -0.4 is 5.32 Å². The third kappa shape index (κ3) is 3.83. The van der Waals surface area contributed by atoms with E-state index in [0.717, 1.165) is 16.8 Å². The highest BCUT2D eigenvalue weighted by Gasteiger charge is 2.21. The smallest absolute Gasteiger partial charge is 0.339 e. The maximum atomic E-state index is 13.1. The molecular weight excluding hydrogens is 357 g/mol. The highest BCUT2D eigenvalue weighted by molar-refractivity contribution is 6.33. The zero-order valence-electron chi connectivity index (χ0n) is 13.8. The second-order valence-corrected chi connectivity index (χ2v) is 6.09. The van der Waals surface area contributed by atoms with E-state index < -0.39 is 23.8 Å². The molecule has 1 N–H and O–H groups in total. The highest BCUT2D eigenvalue weighted by atomic mass is 35.5. The molecule has 0 saturated carbocycles. The van der Waals surface area contributed by atoms with Crippen LogP contribution in [0, 0.1) is 5.82 Å². The lowest BCUT2D eigenvalue weighted by Gasteiger charge is -2.15. The monoisotopic (exact) mass is 371 g/mol. The Hall–Kier alpha value is -2.92. The quantitative estimate of drug-likeness (QED) is 0.669. The number of amides is 1. The first-order valence-electron chi connectivity index (χ1n) is 7.90. The number of halogens is 2. The summed E-state index contributed by atoms with van der Waals surface area (Å²) in [6.45, 7) is 1.45. The number of anilines is 1. The van der Waals surface area contributed by atoms with Gasteiger partial charge in [0.05, 0.1) is 16.3 Å². The standard InChI is InChI=1S/C20H15ClFNO3/c1-12(19(24)23-18-10-9-14(22)11-17(18)21)26-20(25)16-8-4-6-13-5-2-3-7-15(13)16/h2-12H,1H3,(H,23,24)/t12-/m1/s1. The summed E-state index contributed by atoms with van der Waals surface area (Å²) in [6, 6.07) is 16.3. The van der Waals surface area contributed by atoms with Crippen LogP contribution in [0.1, 0.15) is 17.3 Å². The van der Waals surface area contributed by atoms with E-state index >= 15 is 0 Å². The van der Waals surface area contributed by atoms with Crippen molar-refractivity contribution in [1.29, 1.82) is 0 Å². The molecule has 0 heterocycles. The van der Waals surface area contributed by atoms with Crippen molar-refractivity contribution in [2.24, 2.45) is 0 Å². The van der Waals surface area contributed by atoms with Crippen molar-refractivity contribution < 1.29 is 18.7 Å². The summed E-state index contributed by atoms with van der Waals surface area (Å²) in [5, 5.41) is 4.22. The molecule has 132 valence electrons. The molecule has 0 spiro atoms. The Morgan fingerprint density at radius 1 is 1.08 bits per heavy atom. The Morgan fingerprint density at radius 3 is 2.58 bits per heavy atom. The molecule has 3 aromatic rings. The first-order chi connectivity index (χ1) is 12.5. The molecule has 3 aromatic carbocycles. The van der Waals surface area contributed by atoms with Gasteiger partial charge in [-0.05, 0) is 42.0 Å². The van der Waals surface area contributed by atoms with Crippen LogP contribution in [0.5, 0.6) is 0 Å². The molecule has 1 atom stereocenters. The van der Waals surface area contributed by atoms with Crippen molar-refractivity contribution in [3.63, 3.8) is 0 Å². The predicted molar refractivity (Wildman–Crippen MR) is 98.9 cm³/mol. The van der Waals surface area contributed by atoms with Gasteiger partial charge in [-0.1, -0.05) is 48.0 Å². The van der Waals surface area contributed by atoms with Crippen LogP contribution >= 0.6 is 11.6 Å². The number of nitrogens with one attached hydrogen (secondary N) is 1. The van der Waals surface area contributed by atoms with E-state index in [0.29, 0.717) is 5.56 Å². The van der Waals surface area contributed by atoms with Crippen molar-refractivity contribution in [2.75, 3.05) is 5.32 Å². The molecule has 0 radical (unpaired) electrons. The SMILES string of the molecule is C[C@@H](OC(=O)c1cccc2ccccc12)C(=O)Nc1ccc(F)cc1Cl. The lowest BCUT2D eigenvalue weighted by molar-refractivity contribution is -0.123. The number of rotatable bonds is 4. The summed E-state index contributed by atoms with van der Waals surface area (Å²) in [5.41, 5.74) is 0.619. The average molecular weight is 372 g/mol. The summed E-state index contributed by atoms with van der Waals surface area (Å²) in [7, 11) is 0. The minimum Gasteiger partial charge on any atom is -0.449 e.